The van der Waals surface area contributed by atoms with Crippen molar-refractivity contribution < 1.29 is 15.0 Å². The number of phenols is 2. The lowest BCUT2D eigenvalue weighted by Crippen LogP contribution is -2.31. The molecule has 0 radical (unpaired) electrons. The van der Waals surface area contributed by atoms with Gasteiger partial charge in [-0.05, 0) is 30.3 Å². The fraction of sp³-hybridized carbons (Fsp3) is 0.125. The molecule has 0 aromatic heterocycles. The highest BCUT2D eigenvalue weighted by Crippen LogP contribution is 2.26. The minimum absolute atomic E-state index is 0.00297. The number of nitriles is 1. The zero-order chi connectivity index (χ0) is 15.2. The van der Waals surface area contributed by atoms with E-state index in [2.05, 4.69) is 0 Å². The predicted molar refractivity (Wildman–Crippen MR) is 78.1 cm³/mol. The molecule has 0 heterocycles. The lowest BCUT2D eigenvalue weighted by molar-refractivity contribution is 0.0984. The summed E-state index contributed by atoms with van der Waals surface area (Å²) in [4.78, 5) is 14.0. The summed E-state index contributed by atoms with van der Waals surface area (Å²) in [7, 11) is 0. The molecule has 5 nitrogen and oxygen atoms in total. The molecule has 0 atom stereocenters. The summed E-state index contributed by atoms with van der Waals surface area (Å²) in [6.45, 7) is 0.203. The number of amides is 1. The van der Waals surface area contributed by atoms with E-state index in [1.807, 2.05) is 12.1 Å². The number of carbonyl (C=O) groups is 1. The second kappa shape index (κ2) is 6.44. The fourth-order valence-electron chi connectivity index (χ4n) is 1.96. The summed E-state index contributed by atoms with van der Waals surface area (Å²) in [6, 6.07) is 14.6. The molecule has 106 valence electrons. The SMILES string of the molecule is N#CCCN(C(=O)c1cc(O)ccc1O)c1ccccc1. The number of nitrogens with zero attached hydrogens (tertiary/aromatic N) is 2. The maximum Gasteiger partial charge on any atom is 0.262 e. The van der Waals surface area contributed by atoms with Crippen molar-refractivity contribution in [3.05, 3.63) is 54.1 Å². The van der Waals surface area contributed by atoms with Crippen LogP contribution in [0.4, 0.5) is 5.69 Å². The number of carbonyl (C=O) groups excluding carboxylic acids is 1. The van der Waals surface area contributed by atoms with E-state index in [0.29, 0.717) is 5.69 Å². The van der Waals surface area contributed by atoms with Gasteiger partial charge >= 0.3 is 0 Å². The third kappa shape index (κ3) is 3.31. The van der Waals surface area contributed by atoms with Crippen molar-refractivity contribution in [3.63, 3.8) is 0 Å². The van der Waals surface area contributed by atoms with Gasteiger partial charge in [0.15, 0.2) is 0 Å². The standard InChI is InChI=1S/C16H14N2O3/c17-9-4-10-18(12-5-2-1-3-6-12)16(21)14-11-13(19)7-8-15(14)20/h1-3,5-8,11,19-20H,4,10H2. The first kappa shape index (κ1) is 14.4. The summed E-state index contributed by atoms with van der Waals surface area (Å²) in [5.41, 5.74) is 0.622. The van der Waals surface area contributed by atoms with Gasteiger partial charge in [0.25, 0.3) is 5.91 Å². The van der Waals surface area contributed by atoms with Gasteiger partial charge < -0.3 is 15.1 Å². The number of phenolic OH excluding ortho intramolecular Hbond substituents is 2. The van der Waals surface area contributed by atoms with Gasteiger partial charge in [0.05, 0.1) is 18.1 Å². The highest BCUT2D eigenvalue weighted by Gasteiger charge is 2.20. The first-order valence-corrected chi connectivity index (χ1v) is 6.39. The first-order chi connectivity index (χ1) is 10.1. The minimum atomic E-state index is -0.468. The highest BCUT2D eigenvalue weighted by molar-refractivity contribution is 6.08. The Morgan fingerprint density at radius 3 is 2.52 bits per heavy atom. The van der Waals surface area contributed by atoms with Crippen LogP contribution < -0.4 is 4.90 Å². The molecule has 1 amide bonds. The third-order valence-electron chi connectivity index (χ3n) is 2.97. The minimum Gasteiger partial charge on any atom is -0.508 e. The number of aromatic hydroxyl groups is 2. The second-order valence-corrected chi connectivity index (χ2v) is 4.40. The normalized spacial score (nSPS) is 9.86. The van der Waals surface area contributed by atoms with Gasteiger partial charge in [-0.1, -0.05) is 18.2 Å². The van der Waals surface area contributed by atoms with Crippen LogP contribution in [0.1, 0.15) is 16.8 Å². The summed E-state index contributed by atoms with van der Waals surface area (Å²) in [6.07, 6.45) is 0.167. The van der Waals surface area contributed by atoms with Gasteiger partial charge in [-0.3, -0.25) is 4.79 Å². The molecule has 2 N–H and O–H groups in total. The zero-order valence-corrected chi connectivity index (χ0v) is 11.2. The average molecular weight is 282 g/mol. The second-order valence-electron chi connectivity index (χ2n) is 4.40. The summed E-state index contributed by atoms with van der Waals surface area (Å²) in [5.74, 6) is -0.787. The van der Waals surface area contributed by atoms with Crippen molar-refractivity contribution in [3.8, 4) is 17.6 Å². The molecule has 0 bridgehead atoms. The van der Waals surface area contributed by atoms with Gasteiger partial charge in [0, 0.05) is 12.2 Å². The van der Waals surface area contributed by atoms with Crippen molar-refractivity contribution in [2.45, 2.75) is 6.42 Å². The van der Waals surface area contributed by atoms with E-state index in [-0.39, 0.29) is 30.0 Å². The molecule has 2 aromatic rings. The van der Waals surface area contributed by atoms with Crippen LogP contribution in [0.5, 0.6) is 11.5 Å². The van der Waals surface area contributed by atoms with E-state index in [4.69, 9.17) is 5.26 Å². The zero-order valence-electron chi connectivity index (χ0n) is 11.2. The molecule has 0 spiro atoms. The van der Waals surface area contributed by atoms with Crippen LogP contribution >= 0.6 is 0 Å². The van der Waals surface area contributed by atoms with E-state index >= 15 is 0 Å². The molecule has 5 heteroatoms. The molecule has 2 rings (SSSR count). The van der Waals surface area contributed by atoms with E-state index in [0.717, 1.165) is 0 Å². The van der Waals surface area contributed by atoms with Gasteiger partial charge in [-0.15, -0.1) is 0 Å². The van der Waals surface area contributed by atoms with Crippen molar-refractivity contribution in [1.29, 1.82) is 5.26 Å². The predicted octanol–water partition coefficient (Wildman–Crippen LogP) is 2.66. The smallest absolute Gasteiger partial charge is 0.262 e. The molecule has 0 fully saturated rings. The van der Waals surface area contributed by atoms with Gasteiger partial charge in [-0.2, -0.15) is 5.26 Å². The van der Waals surface area contributed by atoms with E-state index in [1.54, 1.807) is 24.3 Å². The van der Waals surface area contributed by atoms with Crippen molar-refractivity contribution in [2.75, 3.05) is 11.4 Å². The van der Waals surface area contributed by atoms with Crippen molar-refractivity contribution >= 4 is 11.6 Å². The van der Waals surface area contributed by atoms with Crippen molar-refractivity contribution in [2.24, 2.45) is 0 Å². The quantitative estimate of drug-likeness (QED) is 0.844. The number of hydrogen-bond donors (Lipinski definition) is 2. The average Bonchev–Trinajstić information content (AvgIpc) is 2.51. The van der Waals surface area contributed by atoms with Gasteiger partial charge in [0.1, 0.15) is 11.5 Å². The number of rotatable bonds is 4. The molecule has 0 aliphatic rings. The Bertz CT molecular complexity index is 678. The Kier molecular flexibility index (Phi) is 4.42. The van der Waals surface area contributed by atoms with Crippen LogP contribution in [0.2, 0.25) is 0 Å². The van der Waals surface area contributed by atoms with Crippen LogP contribution in [0.25, 0.3) is 0 Å². The van der Waals surface area contributed by atoms with E-state index in [1.165, 1.54) is 23.1 Å². The van der Waals surface area contributed by atoms with Crippen LogP contribution in [-0.2, 0) is 0 Å². The Labute approximate surface area is 122 Å². The molecule has 21 heavy (non-hydrogen) atoms. The molecule has 0 aliphatic heterocycles. The highest BCUT2D eigenvalue weighted by atomic mass is 16.3. The monoisotopic (exact) mass is 282 g/mol. The summed E-state index contributed by atoms with van der Waals surface area (Å²) < 4.78 is 0. The van der Waals surface area contributed by atoms with Crippen LogP contribution in [0.15, 0.2) is 48.5 Å². The number of anilines is 1. The van der Waals surface area contributed by atoms with Crippen LogP contribution in [0.3, 0.4) is 0 Å². The molecule has 0 aliphatic carbocycles. The maximum absolute atomic E-state index is 12.6. The summed E-state index contributed by atoms with van der Waals surface area (Å²) >= 11 is 0. The lowest BCUT2D eigenvalue weighted by atomic mass is 10.1. The molecule has 0 saturated carbocycles. The fourth-order valence-corrected chi connectivity index (χ4v) is 1.96. The van der Waals surface area contributed by atoms with Gasteiger partial charge in [0.2, 0.25) is 0 Å². The third-order valence-corrected chi connectivity index (χ3v) is 2.97. The Morgan fingerprint density at radius 1 is 1.14 bits per heavy atom. The Morgan fingerprint density at radius 2 is 1.86 bits per heavy atom. The number of hydrogen-bond acceptors (Lipinski definition) is 4. The molecular weight excluding hydrogens is 268 g/mol. The largest absolute Gasteiger partial charge is 0.508 e. The summed E-state index contributed by atoms with van der Waals surface area (Å²) in [5, 5.41) is 28.0. The number of para-hydroxylation sites is 1. The maximum atomic E-state index is 12.6. The topological polar surface area (TPSA) is 84.6 Å². The lowest BCUT2D eigenvalue weighted by Gasteiger charge is -2.22. The van der Waals surface area contributed by atoms with Gasteiger partial charge in [-0.25, -0.2) is 0 Å². The molecular formula is C16H14N2O3. The Hall–Kier alpha value is -3.00. The van der Waals surface area contributed by atoms with E-state index < -0.39 is 5.91 Å². The van der Waals surface area contributed by atoms with E-state index in [9.17, 15) is 15.0 Å². The van der Waals surface area contributed by atoms with Crippen molar-refractivity contribution in [1.82, 2.24) is 0 Å². The number of benzene rings is 2. The molecule has 2 aromatic carbocycles. The Balaban J connectivity index is 2.39. The van der Waals surface area contributed by atoms with Crippen LogP contribution in [-0.4, -0.2) is 22.7 Å². The molecule has 0 saturated heterocycles. The first-order valence-electron chi connectivity index (χ1n) is 6.39. The van der Waals surface area contributed by atoms with Crippen LogP contribution in [0, 0.1) is 11.3 Å². The molecule has 0 unspecified atom stereocenters.